The predicted molar refractivity (Wildman–Crippen MR) is 52.6 cm³/mol. The van der Waals surface area contributed by atoms with E-state index in [0.717, 1.165) is 24.2 Å². The number of aliphatic hydroxyl groups is 1. The minimum atomic E-state index is -0.236. The molecule has 3 nitrogen and oxygen atoms in total. The van der Waals surface area contributed by atoms with Crippen molar-refractivity contribution < 1.29 is 5.11 Å². The van der Waals surface area contributed by atoms with E-state index < -0.39 is 0 Å². The fraction of sp³-hybridized carbons (Fsp3) is 0.700. The standard InChI is InChI=1S/C10H18N2O/c1-4-8-6-9(12(3)11-8)7-10(13)5-2/h6,10,13H,4-5,7H2,1-3H3. The molecule has 0 fully saturated rings. The summed E-state index contributed by atoms with van der Waals surface area (Å²) < 4.78 is 1.86. The molecule has 1 atom stereocenters. The normalized spacial score (nSPS) is 13.2. The van der Waals surface area contributed by atoms with Crippen molar-refractivity contribution in [3.8, 4) is 0 Å². The topological polar surface area (TPSA) is 38.0 Å². The van der Waals surface area contributed by atoms with Crippen LogP contribution in [0.25, 0.3) is 0 Å². The quantitative estimate of drug-likeness (QED) is 0.762. The number of hydrogen-bond donors (Lipinski definition) is 1. The molecule has 0 aliphatic heterocycles. The largest absolute Gasteiger partial charge is 0.393 e. The van der Waals surface area contributed by atoms with E-state index in [2.05, 4.69) is 18.1 Å². The zero-order valence-electron chi connectivity index (χ0n) is 8.62. The number of hydrogen-bond acceptors (Lipinski definition) is 2. The maximum Gasteiger partial charge on any atom is 0.0624 e. The third kappa shape index (κ3) is 2.56. The molecule has 0 spiro atoms. The van der Waals surface area contributed by atoms with Crippen LogP contribution in [0.5, 0.6) is 0 Å². The monoisotopic (exact) mass is 182 g/mol. The van der Waals surface area contributed by atoms with Crippen molar-refractivity contribution in [3.05, 3.63) is 17.5 Å². The van der Waals surface area contributed by atoms with E-state index in [1.165, 1.54) is 0 Å². The molecule has 0 radical (unpaired) electrons. The lowest BCUT2D eigenvalue weighted by Gasteiger charge is -2.06. The zero-order chi connectivity index (χ0) is 9.84. The number of aryl methyl sites for hydroxylation is 2. The maximum atomic E-state index is 9.48. The van der Waals surface area contributed by atoms with Crippen LogP contribution in [0.1, 0.15) is 31.7 Å². The first-order chi connectivity index (χ1) is 6.17. The van der Waals surface area contributed by atoms with Crippen LogP contribution < -0.4 is 0 Å². The smallest absolute Gasteiger partial charge is 0.0624 e. The molecule has 0 bridgehead atoms. The average Bonchev–Trinajstić information content (AvgIpc) is 2.47. The molecule has 1 aromatic heterocycles. The lowest BCUT2D eigenvalue weighted by atomic mass is 10.1. The number of aliphatic hydroxyl groups excluding tert-OH is 1. The van der Waals surface area contributed by atoms with Crippen molar-refractivity contribution in [1.82, 2.24) is 9.78 Å². The van der Waals surface area contributed by atoms with E-state index in [1.807, 2.05) is 18.7 Å². The summed E-state index contributed by atoms with van der Waals surface area (Å²) in [5.41, 5.74) is 2.21. The van der Waals surface area contributed by atoms with E-state index in [-0.39, 0.29) is 6.10 Å². The average molecular weight is 182 g/mol. The molecule has 1 rings (SSSR count). The first-order valence-corrected chi connectivity index (χ1v) is 4.87. The Balaban J connectivity index is 2.70. The summed E-state index contributed by atoms with van der Waals surface area (Å²) in [7, 11) is 1.93. The first-order valence-electron chi connectivity index (χ1n) is 4.87. The van der Waals surface area contributed by atoms with E-state index >= 15 is 0 Å². The zero-order valence-corrected chi connectivity index (χ0v) is 8.62. The lowest BCUT2D eigenvalue weighted by Crippen LogP contribution is -2.11. The summed E-state index contributed by atoms with van der Waals surface area (Å²) in [6.07, 6.45) is 2.22. The highest BCUT2D eigenvalue weighted by Crippen LogP contribution is 2.08. The second-order valence-corrected chi connectivity index (χ2v) is 3.37. The fourth-order valence-electron chi connectivity index (χ4n) is 1.32. The van der Waals surface area contributed by atoms with Crippen molar-refractivity contribution in [2.24, 2.45) is 7.05 Å². The van der Waals surface area contributed by atoms with Gasteiger partial charge in [0.15, 0.2) is 0 Å². The molecule has 1 heterocycles. The second kappa shape index (κ2) is 4.42. The molecular weight excluding hydrogens is 164 g/mol. The highest BCUT2D eigenvalue weighted by molar-refractivity contribution is 5.10. The summed E-state index contributed by atoms with van der Waals surface area (Å²) in [4.78, 5) is 0. The maximum absolute atomic E-state index is 9.48. The van der Waals surface area contributed by atoms with Gasteiger partial charge in [-0.2, -0.15) is 5.10 Å². The van der Waals surface area contributed by atoms with Gasteiger partial charge in [0.25, 0.3) is 0 Å². The van der Waals surface area contributed by atoms with Gasteiger partial charge in [-0.1, -0.05) is 13.8 Å². The van der Waals surface area contributed by atoms with Gasteiger partial charge in [0.2, 0.25) is 0 Å². The summed E-state index contributed by atoms with van der Waals surface area (Å²) in [5, 5.41) is 13.8. The van der Waals surface area contributed by atoms with Crippen molar-refractivity contribution in [3.63, 3.8) is 0 Å². The van der Waals surface area contributed by atoms with Gasteiger partial charge in [0.1, 0.15) is 0 Å². The molecule has 1 aromatic rings. The van der Waals surface area contributed by atoms with Gasteiger partial charge in [-0.05, 0) is 18.9 Å². The van der Waals surface area contributed by atoms with Gasteiger partial charge in [-0.15, -0.1) is 0 Å². The first kappa shape index (κ1) is 10.3. The van der Waals surface area contributed by atoms with E-state index in [4.69, 9.17) is 0 Å². The van der Waals surface area contributed by atoms with Gasteiger partial charge in [-0.3, -0.25) is 4.68 Å². The Hall–Kier alpha value is -0.830. The minimum absolute atomic E-state index is 0.236. The Bertz CT molecular complexity index is 268. The van der Waals surface area contributed by atoms with Crippen molar-refractivity contribution in [1.29, 1.82) is 0 Å². The Morgan fingerprint density at radius 3 is 2.69 bits per heavy atom. The number of nitrogens with zero attached hydrogens (tertiary/aromatic N) is 2. The van der Waals surface area contributed by atoms with E-state index in [9.17, 15) is 5.11 Å². The van der Waals surface area contributed by atoms with Crippen LogP contribution in [-0.4, -0.2) is 21.0 Å². The highest BCUT2D eigenvalue weighted by atomic mass is 16.3. The second-order valence-electron chi connectivity index (χ2n) is 3.37. The predicted octanol–water partition coefficient (Wildman–Crippen LogP) is 1.30. The third-order valence-corrected chi connectivity index (χ3v) is 2.31. The summed E-state index contributed by atoms with van der Waals surface area (Å²) in [5.74, 6) is 0. The van der Waals surface area contributed by atoms with Crippen LogP contribution in [0.4, 0.5) is 0 Å². The summed E-state index contributed by atoms with van der Waals surface area (Å²) >= 11 is 0. The third-order valence-electron chi connectivity index (χ3n) is 2.31. The molecule has 3 heteroatoms. The summed E-state index contributed by atoms with van der Waals surface area (Å²) in [6, 6.07) is 2.07. The molecule has 0 aliphatic rings. The molecule has 0 aromatic carbocycles. The molecule has 0 saturated carbocycles. The van der Waals surface area contributed by atoms with Gasteiger partial charge < -0.3 is 5.11 Å². The molecule has 74 valence electrons. The SMILES string of the molecule is CCc1cc(CC(O)CC)n(C)n1. The van der Waals surface area contributed by atoms with E-state index in [1.54, 1.807) is 0 Å². The van der Waals surface area contributed by atoms with Crippen molar-refractivity contribution in [2.45, 2.75) is 39.2 Å². The molecule has 1 N–H and O–H groups in total. The Labute approximate surface area is 79.4 Å². The van der Waals surface area contributed by atoms with Crippen LogP contribution in [0.15, 0.2) is 6.07 Å². The van der Waals surface area contributed by atoms with Crippen molar-refractivity contribution >= 4 is 0 Å². The van der Waals surface area contributed by atoms with Gasteiger partial charge in [0.05, 0.1) is 11.8 Å². The molecule has 1 unspecified atom stereocenters. The van der Waals surface area contributed by atoms with Crippen LogP contribution in [0, 0.1) is 0 Å². The lowest BCUT2D eigenvalue weighted by molar-refractivity contribution is 0.168. The van der Waals surface area contributed by atoms with Crippen LogP contribution in [0.2, 0.25) is 0 Å². The molecule has 13 heavy (non-hydrogen) atoms. The van der Waals surface area contributed by atoms with Gasteiger partial charge in [0, 0.05) is 19.2 Å². The summed E-state index contributed by atoms with van der Waals surface area (Å²) in [6.45, 7) is 4.07. The number of aromatic nitrogens is 2. The number of rotatable bonds is 4. The van der Waals surface area contributed by atoms with Gasteiger partial charge in [-0.25, -0.2) is 0 Å². The molecular formula is C10H18N2O. The Morgan fingerprint density at radius 2 is 2.23 bits per heavy atom. The van der Waals surface area contributed by atoms with Crippen LogP contribution in [0.3, 0.4) is 0 Å². The van der Waals surface area contributed by atoms with E-state index in [0.29, 0.717) is 6.42 Å². The highest BCUT2D eigenvalue weighted by Gasteiger charge is 2.08. The molecule has 0 saturated heterocycles. The molecule has 0 aliphatic carbocycles. The van der Waals surface area contributed by atoms with Gasteiger partial charge >= 0.3 is 0 Å². The molecule has 0 amide bonds. The fourth-order valence-corrected chi connectivity index (χ4v) is 1.32. The Kier molecular flexibility index (Phi) is 3.48. The minimum Gasteiger partial charge on any atom is -0.393 e. The van der Waals surface area contributed by atoms with Crippen LogP contribution >= 0.6 is 0 Å². The Morgan fingerprint density at radius 1 is 1.54 bits per heavy atom. The van der Waals surface area contributed by atoms with Crippen molar-refractivity contribution in [2.75, 3.05) is 0 Å². The van der Waals surface area contributed by atoms with Crippen LogP contribution in [-0.2, 0) is 19.9 Å².